The van der Waals surface area contributed by atoms with Gasteiger partial charge in [0.1, 0.15) is 23.9 Å². The standard InChI is InChI=1S/C22H27N5O8S2/c1-11(29)34-8-12-9-37-22(24-10-28)16(18(31)27(22)15(12)19(32)35-21(2,3)4)26-17(30)14(25-20(23)33)13-6-5-7-36-13/h5-7,10,14,16H,8-9H2,1-4H3,(H,24,28)(H,26,30)(H3,23,25,33)/t14?,16-,22?/m0/s1. The van der Waals surface area contributed by atoms with Crippen LogP contribution in [0.3, 0.4) is 0 Å². The number of hydrogen-bond donors (Lipinski definition) is 4. The molecule has 3 atom stereocenters. The van der Waals surface area contributed by atoms with Crippen molar-refractivity contribution in [3.05, 3.63) is 33.7 Å². The fraction of sp³-hybridized carbons (Fsp3) is 0.455. The Balaban J connectivity index is 1.97. The molecule has 3 heterocycles. The molecule has 2 unspecified atom stereocenters. The SMILES string of the molecule is CC(=O)OCC1=C(C(=O)OC(C)(C)C)N2C(=O)[C@H](NC(=O)C(NC(N)=O)c3cccs3)C2(NC=O)SC1. The number of primary amides is 1. The summed E-state index contributed by atoms with van der Waals surface area (Å²) in [5.74, 6) is -2.87. The molecule has 0 spiro atoms. The summed E-state index contributed by atoms with van der Waals surface area (Å²) in [6.07, 6.45) is 0.341. The molecule has 37 heavy (non-hydrogen) atoms. The number of nitrogens with one attached hydrogen (secondary N) is 3. The summed E-state index contributed by atoms with van der Waals surface area (Å²) in [5, 5.41) is 9.14. The van der Waals surface area contributed by atoms with Gasteiger partial charge in [0.25, 0.3) is 5.91 Å². The second-order valence-corrected chi connectivity index (χ2v) is 11.2. The van der Waals surface area contributed by atoms with Gasteiger partial charge in [-0.1, -0.05) is 6.07 Å². The topological polar surface area (TPSA) is 186 Å². The number of amides is 5. The number of urea groups is 1. The number of hydrogen-bond acceptors (Lipinski definition) is 10. The van der Waals surface area contributed by atoms with Crippen molar-refractivity contribution >= 4 is 59.3 Å². The number of nitrogens with two attached hydrogens (primary N) is 1. The van der Waals surface area contributed by atoms with Gasteiger partial charge in [-0.3, -0.25) is 24.1 Å². The fourth-order valence-electron chi connectivity index (χ4n) is 3.75. The van der Waals surface area contributed by atoms with Crippen LogP contribution in [0, 0.1) is 0 Å². The average molecular weight is 554 g/mol. The summed E-state index contributed by atoms with van der Waals surface area (Å²) in [6.45, 7) is 5.85. The van der Waals surface area contributed by atoms with Gasteiger partial charge in [0.2, 0.25) is 12.3 Å². The zero-order chi connectivity index (χ0) is 27.5. The van der Waals surface area contributed by atoms with Crippen molar-refractivity contribution in [1.29, 1.82) is 0 Å². The molecule has 13 nitrogen and oxygen atoms in total. The maximum atomic E-state index is 13.4. The third-order valence-electron chi connectivity index (χ3n) is 5.19. The molecule has 0 aromatic carbocycles. The van der Waals surface area contributed by atoms with Crippen LogP contribution in [0.25, 0.3) is 0 Å². The Kier molecular flexibility index (Phi) is 8.17. The first kappa shape index (κ1) is 28.0. The first-order valence-corrected chi connectivity index (χ1v) is 12.8. The molecule has 5 amide bonds. The average Bonchev–Trinajstić information content (AvgIpc) is 3.32. The van der Waals surface area contributed by atoms with Crippen LogP contribution in [0.15, 0.2) is 28.8 Å². The normalized spacial score (nSPS) is 21.7. The van der Waals surface area contributed by atoms with Crippen molar-refractivity contribution in [2.24, 2.45) is 5.73 Å². The lowest BCUT2D eigenvalue weighted by atomic mass is 9.97. The number of thioether (sulfide) groups is 1. The molecule has 1 aromatic rings. The Bertz CT molecular complexity index is 1150. The third kappa shape index (κ3) is 5.88. The van der Waals surface area contributed by atoms with E-state index in [1.165, 1.54) is 18.3 Å². The van der Waals surface area contributed by atoms with Gasteiger partial charge in [-0.05, 0) is 32.2 Å². The van der Waals surface area contributed by atoms with Gasteiger partial charge in [-0.2, -0.15) is 0 Å². The Morgan fingerprint density at radius 1 is 1.32 bits per heavy atom. The quantitative estimate of drug-likeness (QED) is 0.187. The highest BCUT2D eigenvalue weighted by Gasteiger charge is 2.66. The minimum Gasteiger partial charge on any atom is -0.461 e. The number of rotatable bonds is 9. The molecule has 15 heteroatoms. The Morgan fingerprint density at radius 2 is 2.03 bits per heavy atom. The van der Waals surface area contributed by atoms with Crippen LogP contribution in [0.1, 0.15) is 38.6 Å². The molecular formula is C22H27N5O8S2. The van der Waals surface area contributed by atoms with E-state index in [1.807, 2.05) is 0 Å². The molecule has 0 radical (unpaired) electrons. The minimum atomic E-state index is -1.58. The summed E-state index contributed by atoms with van der Waals surface area (Å²) in [5.41, 5.74) is 4.42. The summed E-state index contributed by atoms with van der Waals surface area (Å²) in [6, 6.07) is -0.164. The monoisotopic (exact) mass is 553 g/mol. The fourth-order valence-corrected chi connectivity index (χ4v) is 5.91. The van der Waals surface area contributed by atoms with Gasteiger partial charge in [0.05, 0.1) is 0 Å². The van der Waals surface area contributed by atoms with Crippen LogP contribution in [0.5, 0.6) is 0 Å². The second-order valence-electron chi connectivity index (χ2n) is 9.05. The maximum absolute atomic E-state index is 13.4. The van der Waals surface area contributed by atoms with Crippen LogP contribution in [0.4, 0.5) is 4.79 Å². The molecule has 1 fully saturated rings. The third-order valence-corrected chi connectivity index (χ3v) is 7.59. The van der Waals surface area contributed by atoms with E-state index >= 15 is 0 Å². The highest BCUT2D eigenvalue weighted by atomic mass is 32.2. The predicted molar refractivity (Wildman–Crippen MR) is 132 cm³/mol. The molecular weight excluding hydrogens is 526 g/mol. The van der Waals surface area contributed by atoms with E-state index in [4.69, 9.17) is 15.2 Å². The van der Waals surface area contributed by atoms with Crippen molar-refractivity contribution < 1.29 is 38.2 Å². The van der Waals surface area contributed by atoms with E-state index in [0.29, 0.717) is 16.9 Å². The summed E-state index contributed by atoms with van der Waals surface area (Å²) in [7, 11) is 0. The maximum Gasteiger partial charge on any atom is 0.355 e. The summed E-state index contributed by atoms with van der Waals surface area (Å²) < 4.78 is 10.5. The first-order valence-electron chi connectivity index (χ1n) is 11.0. The number of carbonyl (C=O) groups excluding carboxylic acids is 6. The number of esters is 2. The van der Waals surface area contributed by atoms with Gasteiger partial charge in [0.15, 0.2) is 11.0 Å². The minimum absolute atomic E-state index is 0.0622. The number of β-lactam (4-membered cyclic amide) rings is 1. The highest BCUT2D eigenvalue weighted by molar-refractivity contribution is 8.01. The Hall–Kier alpha value is -3.59. The molecule has 5 N–H and O–H groups in total. The van der Waals surface area contributed by atoms with Crippen LogP contribution in [-0.2, 0) is 33.4 Å². The van der Waals surface area contributed by atoms with Crippen molar-refractivity contribution in [2.45, 2.75) is 50.4 Å². The molecule has 200 valence electrons. The van der Waals surface area contributed by atoms with Crippen LogP contribution in [-0.4, -0.2) is 70.1 Å². The highest BCUT2D eigenvalue weighted by Crippen LogP contribution is 2.48. The van der Waals surface area contributed by atoms with Gasteiger partial charge in [-0.15, -0.1) is 23.1 Å². The molecule has 0 saturated carbocycles. The number of fused-ring (bicyclic) bond motifs is 1. The van der Waals surface area contributed by atoms with E-state index in [9.17, 15) is 28.8 Å². The summed E-state index contributed by atoms with van der Waals surface area (Å²) in [4.78, 5) is 74.2. The molecule has 1 aromatic heterocycles. The van der Waals surface area contributed by atoms with E-state index < -0.39 is 52.5 Å². The van der Waals surface area contributed by atoms with Gasteiger partial charge in [0, 0.05) is 23.1 Å². The molecule has 0 bridgehead atoms. The second kappa shape index (κ2) is 10.8. The molecule has 1 saturated heterocycles. The smallest absolute Gasteiger partial charge is 0.355 e. The Labute approximate surface area is 220 Å². The zero-order valence-corrected chi connectivity index (χ0v) is 22.1. The molecule has 3 rings (SSSR count). The zero-order valence-electron chi connectivity index (χ0n) is 20.5. The van der Waals surface area contributed by atoms with Crippen molar-refractivity contribution in [3.8, 4) is 0 Å². The van der Waals surface area contributed by atoms with Gasteiger partial charge < -0.3 is 31.2 Å². The van der Waals surface area contributed by atoms with Crippen molar-refractivity contribution in [1.82, 2.24) is 20.9 Å². The number of nitrogens with zero attached hydrogens (tertiary/aromatic N) is 1. The predicted octanol–water partition coefficient (Wildman–Crippen LogP) is 0.0900. The van der Waals surface area contributed by atoms with Crippen LogP contribution in [0.2, 0.25) is 0 Å². The van der Waals surface area contributed by atoms with Gasteiger partial charge >= 0.3 is 18.0 Å². The molecule has 2 aliphatic rings. The van der Waals surface area contributed by atoms with E-state index in [1.54, 1.807) is 38.3 Å². The van der Waals surface area contributed by atoms with Crippen LogP contribution >= 0.6 is 23.1 Å². The van der Waals surface area contributed by atoms with E-state index in [-0.39, 0.29) is 18.1 Å². The van der Waals surface area contributed by atoms with Crippen LogP contribution < -0.4 is 21.7 Å². The van der Waals surface area contributed by atoms with Crippen molar-refractivity contribution in [2.75, 3.05) is 12.4 Å². The lowest BCUT2D eigenvalue weighted by molar-refractivity contribution is -0.166. The number of ether oxygens (including phenoxy) is 2. The van der Waals surface area contributed by atoms with Crippen molar-refractivity contribution in [3.63, 3.8) is 0 Å². The molecule has 2 aliphatic heterocycles. The number of thiophene rings is 1. The lowest BCUT2D eigenvalue weighted by Crippen LogP contribution is -2.83. The molecule has 0 aliphatic carbocycles. The first-order chi connectivity index (χ1) is 17.3. The Morgan fingerprint density at radius 3 is 2.57 bits per heavy atom. The number of carbonyl (C=O) groups is 6. The van der Waals surface area contributed by atoms with Gasteiger partial charge in [-0.25, -0.2) is 9.59 Å². The summed E-state index contributed by atoms with van der Waals surface area (Å²) >= 11 is 2.23. The largest absolute Gasteiger partial charge is 0.461 e. The van der Waals surface area contributed by atoms with E-state index in [2.05, 4.69) is 16.0 Å². The lowest BCUT2D eigenvalue weighted by Gasteiger charge is -2.58. The van der Waals surface area contributed by atoms with E-state index in [0.717, 1.165) is 16.7 Å².